The molecule has 2 saturated heterocycles. The van der Waals surface area contributed by atoms with Gasteiger partial charge in [-0.2, -0.15) is 5.26 Å². The van der Waals surface area contributed by atoms with Crippen LogP contribution in [0.3, 0.4) is 0 Å². The molecule has 11 heteroatoms. The van der Waals surface area contributed by atoms with E-state index in [2.05, 4.69) is 34.4 Å². The molecule has 1 unspecified atom stereocenters. The van der Waals surface area contributed by atoms with Crippen LogP contribution < -0.4 is 9.80 Å². The Morgan fingerprint density at radius 2 is 1.95 bits per heavy atom. The van der Waals surface area contributed by atoms with Gasteiger partial charge in [0.25, 0.3) is 0 Å². The number of aromatic nitrogens is 2. The van der Waals surface area contributed by atoms with E-state index in [1.54, 1.807) is 31.3 Å². The van der Waals surface area contributed by atoms with Crippen LogP contribution in [0.1, 0.15) is 58.4 Å². The molecule has 1 aromatic rings. The first-order valence-corrected chi connectivity index (χ1v) is 15.4. The number of hydrogen-bond donors (Lipinski definition) is 0. The molecule has 4 aliphatic rings. The predicted molar refractivity (Wildman–Crippen MR) is 152 cm³/mol. The molecule has 0 radical (unpaired) electrons. The Bertz CT molecular complexity index is 1400. The molecule has 1 spiro atoms. The van der Waals surface area contributed by atoms with Gasteiger partial charge in [0.1, 0.15) is 23.8 Å². The van der Waals surface area contributed by atoms with E-state index in [0.29, 0.717) is 43.9 Å². The van der Waals surface area contributed by atoms with E-state index in [9.17, 15) is 18.5 Å². The van der Waals surface area contributed by atoms with E-state index in [1.165, 1.54) is 6.08 Å². The van der Waals surface area contributed by atoms with E-state index >= 15 is 0 Å². The molecule has 1 saturated carbocycles. The van der Waals surface area contributed by atoms with E-state index in [0.717, 1.165) is 36.5 Å². The number of carbonyl (C=O) groups excluding carboxylic acids is 1. The van der Waals surface area contributed by atoms with Crippen LogP contribution in [0.5, 0.6) is 0 Å². The van der Waals surface area contributed by atoms with Gasteiger partial charge < -0.3 is 14.7 Å². The molecule has 5 rings (SSSR count). The number of sulfone groups is 1. The number of aliphatic imine (C=N–C) groups is 1. The lowest BCUT2D eigenvalue weighted by atomic mass is 9.66. The van der Waals surface area contributed by atoms with Gasteiger partial charge in [-0.3, -0.25) is 9.79 Å². The van der Waals surface area contributed by atoms with Crippen molar-refractivity contribution in [2.75, 3.05) is 42.2 Å². The van der Waals surface area contributed by atoms with Gasteiger partial charge in [-0.05, 0) is 45.6 Å². The number of amides is 1. The Morgan fingerprint density at radius 3 is 2.46 bits per heavy atom. The molecule has 3 fully saturated rings. The second-order valence-corrected chi connectivity index (χ2v) is 13.8. The predicted octanol–water partition coefficient (Wildman–Crippen LogP) is 2.78. The standard InChI is InChI=1S/C28H37N7O3S/c1-6-21(14-29)13-22(30-5)35-17-27(9-8-10-27)23-24(31-18-32-25(23)35)33-15-20(4)34(16-19(33)3)26(36)28(7-2)11-12-39(28,37)38/h6,13,18-20H,1,7-12,15-17H2,2-5H3/b21-13+,30-22?/t19-,20+,28?/m0/s1. The number of hydrogen-bond acceptors (Lipinski definition) is 8. The SMILES string of the molecule is C=C/C(C#N)=C\C(=NC)N1CC2(CCC2)c2c1ncnc2N1C[C@@H](C)N(C(=O)C2(CC)CCS2(=O)=O)C[C@@H]1C. The molecular weight excluding hydrogens is 514 g/mol. The van der Waals surface area contributed by atoms with E-state index in [-0.39, 0.29) is 29.2 Å². The number of anilines is 2. The number of amidine groups is 1. The maximum Gasteiger partial charge on any atom is 0.244 e. The Labute approximate surface area is 231 Å². The summed E-state index contributed by atoms with van der Waals surface area (Å²) < 4.78 is 24.1. The summed E-state index contributed by atoms with van der Waals surface area (Å²) in [6.45, 7) is 11.3. The van der Waals surface area contributed by atoms with E-state index in [4.69, 9.17) is 9.97 Å². The molecule has 3 atom stereocenters. The van der Waals surface area contributed by atoms with Gasteiger partial charge in [-0.25, -0.2) is 18.4 Å². The third kappa shape index (κ3) is 3.98. The molecule has 0 N–H and O–H groups in total. The van der Waals surface area contributed by atoms with Crippen LogP contribution in [0, 0.1) is 11.3 Å². The Balaban J connectivity index is 1.49. The van der Waals surface area contributed by atoms with Gasteiger partial charge in [-0.15, -0.1) is 0 Å². The molecule has 4 heterocycles. The molecule has 208 valence electrons. The molecule has 0 bridgehead atoms. The molecule has 39 heavy (non-hydrogen) atoms. The zero-order valence-corrected chi connectivity index (χ0v) is 24.0. The van der Waals surface area contributed by atoms with E-state index < -0.39 is 14.6 Å². The molecule has 1 aromatic heterocycles. The summed E-state index contributed by atoms with van der Waals surface area (Å²) in [6, 6.07) is 1.92. The Kier molecular flexibility index (Phi) is 6.82. The molecule has 3 aliphatic heterocycles. The lowest BCUT2D eigenvalue weighted by Crippen LogP contribution is -2.67. The minimum Gasteiger partial charge on any atom is -0.350 e. The van der Waals surface area contributed by atoms with Gasteiger partial charge in [0.15, 0.2) is 14.6 Å². The molecular formula is C28H37N7O3S. The maximum atomic E-state index is 13.6. The van der Waals surface area contributed by atoms with Gasteiger partial charge in [0.2, 0.25) is 5.91 Å². The van der Waals surface area contributed by atoms with Crippen LogP contribution in [0.2, 0.25) is 0 Å². The van der Waals surface area contributed by atoms with Crippen LogP contribution in [0.15, 0.2) is 35.6 Å². The summed E-state index contributed by atoms with van der Waals surface area (Å²) in [5, 5.41) is 9.45. The molecule has 1 amide bonds. The number of nitriles is 1. The van der Waals surface area contributed by atoms with E-state index in [1.807, 2.05) is 6.92 Å². The maximum absolute atomic E-state index is 13.6. The average molecular weight is 552 g/mol. The lowest BCUT2D eigenvalue weighted by molar-refractivity contribution is -0.137. The molecule has 0 aromatic carbocycles. The van der Waals surface area contributed by atoms with Crippen LogP contribution >= 0.6 is 0 Å². The zero-order chi connectivity index (χ0) is 28.2. The largest absolute Gasteiger partial charge is 0.350 e. The number of allylic oxidation sites excluding steroid dienone is 2. The van der Waals surface area contributed by atoms with Gasteiger partial charge >= 0.3 is 0 Å². The highest BCUT2D eigenvalue weighted by Crippen LogP contribution is 2.55. The molecule has 10 nitrogen and oxygen atoms in total. The van der Waals surface area contributed by atoms with Crippen molar-refractivity contribution < 1.29 is 13.2 Å². The van der Waals surface area contributed by atoms with Crippen molar-refractivity contribution in [1.82, 2.24) is 14.9 Å². The first-order valence-electron chi connectivity index (χ1n) is 13.7. The normalized spacial score (nSPS) is 29.4. The summed E-state index contributed by atoms with van der Waals surface area (Å²) in [6.07, 6.45) is 8.70. The summed E-state index contributed by atoms with van der Waals surface area (Å²) in [4.78, 5) is 33.7. The Hall–Kier alpha value is -3.26. The fourth-order valence-electron chi connectivity index (χ4n) is 6.73. The highest BCUT2D eigenvalue weighted by atomic mass is 32.2. The number of piperazine rings is 1. The number of nitrogens with zero attached hydrogens (tertiary/aromatic N) is 7. The van der Waals surface area contributed by atoms with Gasteiger partial charge in [0.05, 0.1) is 17.4 Å². The number of carbonyl (C=O) groups is 1. The number of rotatable bonds is 5. The summed E-state index contributed by atoms with van der Waals surface area (Å²) >= 11 is 0. The Morgan fingerprint density at radius 1 is 1.23 bits per heavy atom. The smallest absolute Gasteiger partial charge is 0.244 e. The summed E-state index contributed by atoms with van der Waals surface area (Å²) in [5.74, 6) is 2.17. The third-order valence-electron chi connectivity index (χ3n) is 9.35. The quantitative estimate of drug-likeness (QED) is 0.237. The first-order chi connectivity index (χ1) is 18.6. The van der Waals surface area contributed by atoms with Crippen LogP contribution in [-0.4, -0.2) is 84.3 Å². The second-order valence-electron chi connectivity index (χ2n) is 11.3. The third-order valence-corrected chi connectivity index (χ3v) is 12.0. The highest BCUT2D eigenvalue weighted by Gasteiger charge is 2.59. The van der Waals surface area contributed by atoms with Crippen molar-refractivity contribution in [3.8, 4) is 6.07 Å². The fraction of sp³-hybridized carbons (Fsp3) is 0.607. The fourth-order valence-corrected chi connectivity index (χ4v) is 8.58. The highest BCUT2D eigenvalue weighted by molar-refractivity contribution is 7.95. The topological polar surface area (TPSA) is 123 Å². The minimum atomic E-state index is -3.41. The van der Waals surface area contributed by atoms with Crippen molar-refractivity contribution in [3.05, 3.63) is 36.2 Å². The first kappa shape index (κ1) is 27.3. The van der Waals surface area contributed by atoms with Gasteiger partial charge in [-0.1, -0.05) is 26.0 Å². The van der Waals surface area contributed by atoms with Crippen molar-refractivity contribution in [2.45, 2.75) is 75.1 Å². The second kappa shape index (κ2) is 9.73. The minimum absolute atomic E-state index is 0.0582. The summed E-state index contributed by atoms with van der Waals surface area (Å²) in [7, 11) is -1.70. The number of fused-ring (bicyclic) bond motifs is 2. The van der Waals surface area contributed by atoms with Crippen molar-refractivity contribution >= 4 is 33.2 Å². The lowest BCUT2D eigenvalue weighted by Gasteiger charge is -2.50. The summed E-state index contributed by atoms with van der Waals surface area (Å²) in [5.41, 5.74) is 1.44. The van der Waals surface area contributed by atoms with Crippen molar-refractivity contribution in [1.29, 1.82) is 5.26 Å². The zero-order valence-electron chi connectivity index (χ0n) is 23.2. The van der Waals surface area contributed by atoms with Crippen LogP contribution in [-0.2, 0) is 20.0 Å². The van der Waals surface area contributed by atoms with Gasteiger partial charge in [0, 0.05) is 49.7 Å². The van der Waals surface area contributed by atoms with Crippen LogP contribution in [0.25, 0.3) is 0 Å². The van der Waals surface area contributed by atoms with Crippen molar-refractivity contribution in [2.24, 2.45) is 4.99 Å². The monoisotopic (exact) mass is 551 g/mol. The van der Waals surface area contributed by atoms with Crippen molar-refractivity contribution in [3.63, 3.8) is 0 Å². The average Bonchev–Trinajstić information content (AvgIpc) is 3.27. The van der Waals surface area contributed by atoms with Crippen LogP contribution in [0.4, 0.5) is 11.6 Å². The molecule has 1 aliphatic carbocycles.